The minimum atomic E-state index is -0.432. The Morgan fingerprint density at radius 3 is 2.44 bits per heavy atom. The van der Waals surface area contributed by atoms with E-state index >= 15 is 0 Å². The minimum Gasteiger partial charge on any atom is -0.456 e. The summed E-state index contributed by atoms with van der Waals surface area (Å²) in [6.45, 7) is 0.240. The normalized spacial score (nSPS) is 10.3. The number of carbonyl (C=O) groups is 1. The Hall–Kier alpha value is -1.53. The van der Waals surface area contributed by atoms with E-state index in [4.69, 9.17) is 16.2 Å². The van der Waals surface area contributed by atoms with Gasteiger partial charge in [0.2, 0.25) is 0 Å². The summed E-state index contributed by atoms with van der Waals surface area (Å²) < 4.78 is 6.18. The second kappa shape index (κ2) is 5.41. The number of benzene rings is 1. The molecule has 2 rings (SSSR count). The number of rotatable bonds is 3. The zero-order valence-electron chi connectivity index (χ0n) is 9.35. The van der Waals surface area contributed by atoms with Crippen LogP contribution < -0.4 is 11.5 Å². The fourth-order valence-corrected chi connectivity index (χ4v) is 2.84. The molecule has 1 aromatic carbocycles. The largest absolute Gasteiger partial charge is 0.456 e. The van der Waals surface area contributed by atoms with E-state index in [0.29, 0.717) is 16.9 Å². The third kappa shape index (κ3) is 3.24. The van der Waals surface area contributed by atoms with Crippen molar-refractivity contribution >= 4 is 44.6 Å². The van der Waals surface area contributed by atoms with Crippen molar-refractivity contribution in [3.8, 4) is 0 Å². The SMILES string of the molecule is Nc1cc(N)cc(C(=O)OCc2ccc(Br)s2)c1. The predicted molar refractivity (Wildman–Crippen MR) is 76.4 cm³/mol. The van der Waals surface area contributed by atoms with Crippen LogP contribution in [0.15, 0.2) is 34.1 Å². The molecule has 0 bridgehead atoms. The highest BCUT2D eigenvalue weighted by Crippen LogP contribution is 2.23. The van der Waals surface area contributed by atoms with Crippen molar-refractivity contribution in [3.63, 3.8) is 0 Å². The van der Waals surface area contributed by atoms with Gasteiger partial charge in [-0.1, -0.05) is 0 Å². The first kappa shape index (κ1) is 12.9. The molecule has 1 heterocycles. The van der Waals surface area contributed by atoms with E-state index in [1.165, 1.54) is 11.3 Å². The van der Waals surface area contributed by atoms with Crippen LogP contribution in [0.5, 0.6) is 0 Å². The number of hydrogen-bond acceptors (Lipinski definition) is 5. The lowest BCUT2D eigenvalue weighted by Crippen LogP contribution is -2.06. The molecule has 0 radical (unpaired) electrons. The molecule has 4 nitrogen and oxygen atoms in total. The lowest BCUT2D eigenvalue weighted by molar-refractivity contribution is 0.0477. The Morgan fingerprint density at radius 1 is 1.22 bits per heavy atom. The average Bonchev–Trinajstić information content (AvgIpc) is 2.70. The number of thiophene rings is 1. The molecule has 0 amide bonds. The molecule has 94 valence electrons. The third-order valence-electron chi connectivity index (χ3n) is 2.19. The molecule has 1 aromatic heterocycles. The summed E-state index contributed by atoms with van der Waals surface area (Å²) in [5.41, 5.74) is 12.5. The van der Waals surface area contributed by atoms with Crippen LogP contribution in [0.4, 0.5) is 11.4 Å². The van der Waals surface area contributed by atoms with E-state index < -0.39 is 5.97 Å². The van der Waals surface area contributed by atoms with Crippen LogP contribution in [0.25, 0.3) is 0 Å². The number of nitrogen functional groups attached to an aromatic ring is 2. The first-order valence-electron chi connectivity index (χ1n) is 5.12. The van der Waals surface area contributed by atoms with Crippen molar-refractivity contribution in [3.05, 3.63) is 44.6 Å². The van der Waals surface area contributed by atoms with E-state index in [0.717, 1.165) is 8.66 Å². The quantitative estimate of drug-likeness (QED) is 0.671. The number of halogens is 1. The van der Waals surface area contributed by atoms with Crippen LogP contribution in [-0.2, 0) is 11.3 Å². The fourth-order valence-electron chi connectivity index (χ4n) is 1.44. The first-order valence-corrected chi connectivity index (χ1v) is 6.73. The molecule has 0 saturated carbocycles. The predicted octanol–water partition coefficient (Wildman–Crippen LogP) is 3.03. The van der Waals surface area contributed by atoms with Crippen molar-refractivity contribution in [2.24, 2.45) is 0 Å². The van der Waals surface area contributed by atoms with Gasteiger partial charge in [-0.25, -0.2) is 4.79 Å². The van der Waals surface area contributed by atoms with Gasteiger partial charge in [-0.15, -0.1) is 11.3 Å². The number of nitrogens with two attached hydrogens (primary N) is 2. The van der Waals surface area contributed by atoms with Crippen LogP contribution in [0.3, 0.4) is 0 Å². The molecule has 0 aliphatic heterocycles. The molecule has 0 saturated heterocycles. The molecular weight excluding hydrogens is 316 g/mol. The minimum absolute atomic E-state index is 0.240. The van der Waals surface area contributed by atoms with E-state index in [-0.39, 0.29) is 6.61 Å². The number of hydrogen-bond donors (Lipinski definition) is 2. The van der Waals surface area contributed by atoms with Crippen LogP contribution in [0, 0.1) is 0 Å². The van der Waals surface area contributed by atoms with Crippen molar-refractivity contribution < 1.29 is 9.53 Å². The summed E-state index contributed by atoms with van der Waals surface area (Å²) in [7, 11) is 0. The Morgan fingerprint density at radius 2 is 1.89 bits per heavy atom. The number of esters is 1. The Labute approximate surface area is 117 Å². The maximum atomic E-state index is 11.8. The fraction of sp³-hybridized carbons (Fsp3) is 0.0833. The third-order valence-corrected chi connectivity index (χ3v) is 3.78. The molecule has 0 unspecified atom stereocenters. The van der Waals surface area contributed by atoms with Gasteiger partial charge < -0.3 is 16.2 Å². The smallest absolute Gasteiger partial charge is 0.338 e. The highest BCUT2D eigenvalue weighted by Gasteiger charge is 2.09. The zero-order valence-corrected chi connectivity index (χ0v) is 11.8. The van der Waals surface area contributed by atoms with Gasteiger partial charge in [0.05, 0.1) is 9.35 Å². The van der Waals surface area contributed by atoms with E-state index in [1.54, 1.807) is 18.2 Å². The summed E-state index contributed by atoms with van der Waals surface area (Å²) >= 11 is 4.87. The van der Waals surface area contributed by atoms with Gasteiger partial charge in [0, 0.05) is 16.3 Å². The standard InChI is InChI=1S/C12H11BrN2O2S/c13-11-2-1-10(18-11)6-17-12(16)7-3-8(14)5-9(15)4-7/h1-5H,6,14-15H2. The van der Waals surface area contributed by atoms with Gasteiger partial charge in [0.1, 0.15) is 6.61 Å². The molecular formula is C12H11BrN2O2S. The van der Waals surface area contributed by atoms with Gasteiger partial charge in [-0.05, 0) is 46.3 Å². The van der Waals surface area contributed by atoms with Crippen molar-refractivity contribution in [1.82, 2.24) is 0 Å². The van der Waals surface area contributed by atoms with Gasteiger partial charge >= 0.3 is 5.97 Å². The molecule has 0 spiro atoms. The molecule has 0 fully saturated rings. The molecule has 0 atom stereocenters. The highest BCUT2D eigenvalue weighted by atomic mass is 79.9. The maximum Gasteiger partial charge on any atom is 0.338 e. The molecule has 18 heavy (non-hydrogen) atoms. The lowest BCUT2D eigenvalue weighted by atomic mass is 10.2. The molecule has 0 aliphatic rings. The van der Waals surface area contributed by atoms with Gasteiger partial charge in [-0.3, -0.25) is 0 Å². The van der Waals surface area contributed by atoms with E-state index in [1.807, 2.05) is 12.1 Å². The maximum absolute atomic E-state index is 11.8. The Kier molecular flexibility index (Phi) is 3.88. The van der Waals surface area contributed by atoms with Crippen LogP contribution in [0.1, 0.15) is 15.2 Å². The van der Waals surface area contributed by atoms with Crippen molar-refractivity contribution in [2.45, 2.75) is 6.61 Å². The summed E-state index contributed by atoms with van der Waals surface area (Å²) in [6.07, 6.45) is 0. The van der Waals surface area contributed by atoms with Crippen LogP contribution in [0.2, 0.25) is 0 Å². The van der Waals surface area contributed by atoms with Crippen molar-refractivity contribution in [1.29, 1.82) is 0 Å². The summed E-state index contributed by atoms with van der Waals surface area (Å²) in [5, 5.41) is 0. The van der Waals surface area contributed by atoms with E-state index in [2.05, 4.69) is 15.9 Å². The molecule has 2 aromatic rings. The molecule has 6 heteroatoms. The van der Waals surface area contributed by atoms with Gasteiger partial charge in [0.25, 0.3) is 0 Å². The number of ether oxygens (including phenoxy) is 1. The number of carbonyl (C=O) groups excluding carboxylic acids is 1. The van der Waals surface area contributed by atoms with Crippen LogP contribution in [-0.4, -0.2) is 5.97 Å². The summed E-state index contributed by atoms with van der Waals surface area (Å²) in [6, 6.07) is 8.49. The van der Waals surface area contributed by atoms with Gasteiger partial charge in [-0.2, -0.15) is 0 Å². The lowest BCUT2D eigenvalue weighted by Gasteiger charge is -2.05. The Balaban J connectivity index is 2.03. The monoisotopic (exact) mass is 326 g/mol. The van der Waals surface area contributed by atoms with Crippen LogP contribution >= 0.6 is 27.3 Å². The van der Waals surface area contributed by atoms with E-state index in [9.17, 15) is 4.79 Å². The summed E-state index contributed by atoms with van der Waals surface area (Å²) in [4.78, 5) is 12.8. The topological polar surface area (TPSA) is 78.3 Å². The number of anilines is 2. The average molecular weight is 327 g/mol. The van der Waals surface area contributed by atoms with Crippen molar-refractivity contribution in [2.75, 3.05) is 11.5 Å². The second-order valence-electron chi connectivity index (χ2n) is 3.67. The molecule has 4 N–H and O–H groups in total. The highest BCUT2D eigenvalue weighted by molar-refractivity contribution is 9.11. The second-order valence-corrected chi connectivity index (χ2v) is 6.22. The molecule has 0 aliphatic carbocycles. The zero-order chi connectivity index (χ0) is 13.1. The first-order chi connectivity index (χ1) is 8.54. The summed E-state index contributed by atoms with van der Waals surface area (Å²) in [5.74, 6) is -0.432. The Bertz CT molecular complexity index is 563. The van der Waals surface area contributed by atoms with Gasteiger partial charge in [0.15, 0.2) is 0 Å².